The summed E-state index contributed by atoms with van der Waals surface area (Å²) in [6.45, 7) is 1.89. The lowest BCUT2D eigenvalue weighted by Gasteiger charge is -2.13. The first-order chi connectivity index (χ1) is 7.52. The van der Waals surface area contributed by atoms with Crippen molar-refractivity contribution in [1.82, 2.24) is 10.3 Å². The molecule has 0 aliphatic rings. The van der Waals surface area contributed by atoms with Gasteiger partial charge in [0.1, 0.15) is 0 Å². The highest BCUT2D eigenvalue weighted by molar-refractivity contribution is 7.80. The summed E-state index contributed by atoms with van der Waals surface area (Å²) in [6, 6.07) is 7.59. The number of rotatable bonds is 2. The Kier molecular flexibility index (Phi) is 4.25. The van der Waals surface area contributed by atoms with Gasteiger partial charge in [0.05, 0.1) is 5.71 Å². The Morgan fingerprint density at radius 2 is 2.00 bits per heavy atom. The molecular weight excluding hydrogens is 220 g/mol. The number of benzene rings is 1. The third-order valence-corrected chi connectivity index (χ3v) is 2.53. The summed E-state index contributed by atoms with van der Waals surface area (Å²) < 4.78 is 0. The third kappa shape index (κ3) is 3.20. The summed E-state index contributed by atoms with van der Waals surface area (Å²) in [5.41, 5.74) is 11.1. The maximum atomic E-state index is 5.84. The van der Waals surface area contributed by atoms with Gasteiger partial charge in [-0.15, -0.1) is 0 Å². The van der Waals surface area contributed by atoms with E-state index in [4.69, 9.17) is 18.0 Å². The van der Waals surface area contributed by atoms with Crippen LogP contribution >= 0.6 is 12.2 Å². The number of hydrogen-bond donors (Lipinski definition) is 2. The van der Waals surface area contributed by atoms with Crippen LogP contribution in [0.5, 0.6) is 0 Å². The summed E-state index contributed by atoms with van der Waals surface area (Å²) in [5.74, 6) is 0. The molecule has 86 valence electrons. The van der Waals surface area contributed by atoms with E-state index >= 15 is 0 Å². The fourth-order valence-corrected chi connectivity index (χ4v) is 1.16. The van der Waals surface area contributed by atoms with Crippen LogP contribution in [0.2, 0.25) is 0 Å². The van der Waals surface area contributed by atoms with E-state index in [1.165, 1.54) is 0 Å². The molecular formula is C11H16N4S. The summed E-state index contributed by atoms with van der Waals surface area (Å²) in [5, 5.41) is 4.74. The second-order valence-corrected chi connectivity index (χ2v) is 3.98. The van der Waals surface area contributed by atoms with E-state index in [2.05, 4.69) is 10.5 Å². The van der Waals surface area contributed by atoms with Crippen LogP contribution < -0.4 is 11.2 Å². The van der Waals surface area contributed by atoms with Gasteiger partial charge in [-0.05, 0) is 25.2 Å². The molecule has 1 aromatic carbocycles. The summed E-state index contributed by atoms with van der Waals surface area (Å²) in [4.78, 5) is 1.78. The van der Waals surface area contributed by atoms with E-state index in [0.29, 0.717) is 10.8 Å². The Balaban J connectivity index is 2.79. The highest BCUT2D eigenvalue weighted by atomic mass is 32.1. The summed E-state index contributed by atoms with van der Waals surface area (Å²) in [6.07, 6.45) is 0. The van der Waals surface area contributed by atoms with Crippen LogP contribution in [-0.4, -0.2) is 29.8 Å². The molecule has 3 N–H and O–H groups in total. The van der Waals surface area contributed by atoms with E-state index in [0.717, 1.165) is 11.3 Å². The van der Waals surface area contributed by atoms with E-state index in [1.807, 2.05) is 45.3 Å². The molecule has 0 saturated heterocycles. The SMILES string of the molecule is C/C(=N\NC(=S)N(C)C)c1ccccc1N. The molecule has 0 radical (unpaired) electrons. The standard InChI is InChI=1S/C11H16N4S/c1-8(13-14-11(16)15(2)3)9-6-4-5-7-10(9)12/h4-7H,12H2,1-3H3,(H,14,16)/b13-8+. The predicted molar refractivity (Wildman–Crippen MR) is 72.5 cm³/mol. The Morgan fingerprint density at radius 3 is 2.56 bits per heavy atom. The number of hydrazone groups is 1. The molecule has 0 atom stereocenters. The average Bonchev–Trinajstić information content (AvgIpc) is 2.25. The molecule has 16 heavy (non-hydrogen) atoms. The summed E-state index contributed by atoms with van der Waals surface area (Å²) >= 11 is 5.06. The van der Waals surface area contributed by atoms with Crippen LogP contribution in [0.25, 0.3) is 0 Å². The van der Waals surface area contributed by atoms with Crippen molar-refractivity contribution >= 4 is 28.7 Å². The minimum atomic E-state index is 0.564. The van der Waals surface area contributed by atoms with Crippen LogP contribution in [0.1, 0.15) is 12.5 Å². The van der Waals surface area contributed by atoms with Gasteiger partial charge in [0.15, 0.2) is 5.11 Å². The first kappa shape index (κ1) is 12.4. The lowest BCUT2D eigenvalue weighted by atomic mass is 10.1. The number of thiocarbonyl (C=S) groups is 1. The fourth-order valence-electron chi connectivity index (χ4n) is 1.12. The van der Waals surface area contributed by atoms with Gasteiger partial charge in [-0.1, -0.05) is 18.2 Å². The molecule has 0 aromatic heterocycles. The van der Waals surface area contributed by atoms with Gasteiger partial charge < -0.3 is 10.6 Å². The van der Waals surface area contributed by atoms with Crippen LogP contribution in [-0.2, 0) is 0 Å². The number of nitrogens with one attached hydrogen (secondary N) is 1. The average molecular weight is 236 g/mol. The van der Waals surface area contributed by atoms with Crippen molar-refractivity contribution in [3.63, 3.8) is 0 Å². The minimum Gasteiger partial charge on any atom is -0.398 e. The highest BCUT2D eigenvalue weighted by Crippen LogP contribution is 2.11. The van der Waals surface area contributed by atoms with E-state index < -0.39 is 0 Å². The van der Waals surface area contributed by atoms with E-state index in [1.54, 1.807) is 4.90 Å². The first-order valence-corrected chi connectivity index (χ1v) is 5.29. The second kappa shape index (κ2) is 5.46. The summed E-state index contributed by atoms with van der Waals surface area (Å²) in [7, 11) is 3.72. The maximum Gasteiger partial charge on any atom is 0.189 e. The number of nitrogen functional groups attached to an aromatic ring is 1. The highest BCUT2D eigenvalue weighted by Gasteiger charge is 2.02. The monoisotopic (exact) mass is 236 g/mol. The quantitative estimate of drug-likeness (QED) is 0.353. The van der Waals surface area contributed by atoms with Crippen molar-refractivity contribution in [1.29, 1.82) is 0 Å². The molecule has 0 fully saturated rings. The molecule has 1 rings (SSSR count). The van der Waals surface area contributed by atoms with Gasteiger partial charge in [0.2, 0.25) is 0 Å². The minimum absolute atomic E-state index is 0.564. The molecule has 0 saturated carbocycles. The lowest BCUT2D eigenvalue weighted by molar-refractivity contribution is 0.606. The molecule has 4 nitrogen and oxygen atoms in total. The Bertz CT molecular complexity index is 412. The van der Waals surface area contributed by atoms with Crippen molar-refractivity contribution in [2.45, 2.75) is 6.92 Å². The van der Waals surface area contributed by atoms with Gasteiger partial charge in [-0.3, -0.25) is 5.43 Å². The Labute approximate surface area is 101 Å². The topological polar surface area (TPSA) is 53.7 Å². The number of anilines is 1. The number of nitrogens with zero attached hydrogens (tertiary/aromatic N) is 2. The van der Waals surface area contributed by atoms with E-state index in [9.17, 15) is 0 Å². The molecule has 0 bridgehead atoms. The van der Waals surface area contributed by atoms with Gasteiger partial charge in [0.25, 0.3) is 0 Å². The smallest absolute Gasteiger partial charge is 0.189 e. The zero-order chi connectivity index (χ0) is 12.1. The normalized spacial score (nSPS) is 11.1. The molecule has 0 unspecified atom stereocenters. The number of hydrogen-bond acceptors (Lipinski definition) is 3. The van der Waals surface area contributed by atoms with Gasteiger partial charge in [-0.2, -0.15) is 5.10 Å². The predicted octanol–water partition coefficient (Wildman–Crippen LogP) is 1.43. The fraction of sp³-hybridized carbons (Fsp3) is 0.273. The Hall–Kier alpha value is -1.62. The van der Waals surface area contributed by atoms with Crippen LogP contribution in [0.3, 0.4) is 0 Å². The van der Waals surface area contributed by atoms with Gasteiger partial charge in [0, 0.05) is 25.3 Å². The molecule has 0 heterocycles. The number of nitrogens with two attached hydrogens (primary N) is 1. The largest absolute Gasteiger partial charge is 0.398 e. The van der Waals surface area contributed by atoms with Crippen molar-refractivity contribution < 1.29 is 0 Å². The van der Waals surface area contributed by atoms with Crippen molar-refractivity contribution in [3.8, 4) is 0 Å². The second-order valence-electron chi connectivity index (χ2n) is 3.60. The molecule has 0 amide bonds. The van der Waals surface area contributed by atoms with Gasteiger partial charge in [-0.25, -0.2) is 0 Å². The number of para-hydroxylation sites is 1. The Morgan fingerprint density at radius 1 is 1.38 bits per heavy atom. The van der Waals surface area contributed by atoms with Crippen molar-refractivity contribution in [3.05, 3.63) is 29.8 Å². The van der Waals surface area contributed by atoms with Crippen molar-refractivity contribution in [2.75, 3.05) is 19.8 Å². The van der Waals surface area contributed by atoms with E-state index in [-0.39, 0.29) is 0 Å². The third-order valence-electron chi connectivity index (χ3n) is 2.08. The first-order valence-electron chi connectivity index (χ1n) is 4.89. The zero-order valence-corrected chi connectivity index (χ0v) is 10.5. The molecule has 5 heteroatoms. The van der Waals surface area contributed by atoms with Gasteiger partial charge >= 0.3 is 0 Å². The van der Waals surface area contributed by atoms with Crippen LogP contribution in [0.15, 0.2) is 29.4 Å². The zero-order valence-electron chi connectivity index (χ0n) is 9.69. The molecule has 0 aliphatic heterocycles. The van der Waals surface area contributed by atoms with Crippen LogP contribution in [0.4, 0.5) is 5.69 Å². The molecule has 0 aliphatic carbocycles. The van der Waals surface area contributed by atoms with Crippen molar-refractivity contribution in [2.24, 2.45) is 5.10 Å². The maximum absolute atomic E-state index is 5.84. The molecule has 1 aromatic rings. The lowest BCUT2D eigenvalue weighted by Crippen LogP contribution is -2.31. The van der Waals surface area contributed by atoms with Crippen LogP contribution in [0, 0.1) is 0 Å². The molecule has 0 spiro atoms.